The van der Waals surface area contributed by atoms with E-state index in [2.05, 4.69) is 0 Å². The summed E-state index contributed by atoms with van der Waals surface area (Å²) < 4.78 is 0. The molecule has 0 amide bonds. The van der Waals surface area contributed by atoms with Crippen LogP contribution in [0.3, 0.4) is 0 Å². The zero-order valence-electron chi connectivity index (χ0n) is 7.20. The molecular weight excluding hydrogens is 259 g/mol. The number of nitrogens with two attached hydrogens (primary N) is 1. The Bertz CT molecular complexity index is 307. The minimum absolute atomic E-state index is 0. The van der Waals surface area contributed by atoms with Crippen LogP contribution < -0.4 is 5.73 Å². The lowest BCUT2D eigenvalue weighted by Gasteiger charge is -1.99. The molecule has 1 aromatic rings. The average molecular weight is 269 g/mol. The predicted molar refractivity (Wildman–Crippen MR) is 69.5 cm³/mol. The van der Waals surface area contributed by atoms with Crippen LogP contribution in [0.25, 0.3) is 0 Å². The Kier molecular flexibility index (Phi) is 7.27. The standard InChI is InChI=1S/C8H9ClN2S2.ClH/c9-7-3-1-2-6(4-7)5-12-13-8(10)11;/h1-4H,5H2,(H3,10,11);1H. The normalized spacial score (nSPS) is 9.21. The van der Waals surface area contributed by atoms with Gasteiger partial charge in [0.15, 0.2) is 5.17 Å². The molecule has 0 saturated carbocycles. The van der Waals surface area contributed by atoms with Crippen molar-refractivity contribution in [3.63, 3.8) is 0 Å². The summed E-state index contributed by atoms with van der Waals surface area (Å²) >= 11 is 5.80. The molecule has 78 valence electrons. The smallest absolute Gasteiger partial charge is 0.161 e. The molecule has 14 heavy (non-hydrogen) atoms. The van der Waals surface area contributed by atoms with E-state index in [1.165, 1.54) is 21.6 Å². The van der Waals surface area contributed by atoms with Gasteiger partial charge in [-0.05, 0) is 28.5 Å². The third kappa shape index (κ3) is 5.65. The largest absolute Gasteiger partial charge is 0.378 e. The molecule has 0 radical (unpaired) electrons. The average Bonchev–Trinajstić information content (AvgIpc) is 2.03. The van der Waals surface area contributed by atoms with E-state index in [-0.39, 0.29) is 17.6 Å². The summed E-state index contributed by atoms with van der Waals surface area (Å²) in [5.74, 6) is 0.810. The minimum atomic E-state index is 0. The highest BCUT2D eigenvalue weighted by molar-refractivity contribution is 8.81. The van der Waals surface area contributed by atoms with E-state index in [0.29, 0.717) is 0 Å². The Labute approximate surface area is 102 Å². The van der Waals surface area contributed by atoms with Crippen LogP contribution in [0, 0.1) is 5.41 Å². The van der Waals surface area contributed by atoms with Gasteiger partial charge in [-0.15, -0.1) is 12.4 Å². The molecule has 0 aliphatic heterocycles. The van der Waals surface area contributed by atoms with Crippen molar-refractivity contribution in [2.24, 2.45) is 5.73 Å². The molecule has 3 N–H and O–H groups in total. The minimum Gasteiger partial charge on any atom is -0.378 e. The van der Waals surface area contributed by atoms with Crippen LogP contribution in [0.1, 0.15) is 5.56 Å². The van der Waals surface area contributed by atoms with E-state index in [1.54, 1.807) is 0 Å². The van der Waals surface area contributed by atoms with Crippen LogP contribution in [0.4, 0.5) is 0 Å². The first kappa shape index (κ1) is 14.0. The summed E-state index contributed by atoms with van der Waals surface area (Å²) in [5, 5.41) is 7.87. The van der Waals surface area contributed by atoms with E-state index >= 15 is 0 Å². The van der Waals surface area contributed by atoms with E-state index in [9.17, 15) is 0 Å². The molecule has 0 heterocycles. The molecule has 1 rings (SSSR count). The molecule has 0 atom stereocenters. The van der Waals surface area contributed by atoms with Gasteiger partial charge in [0.1, 0.15) is 0 Å². The summed E-state index contributed by atoms with van der Waals surface area (Å²) in [7, 11) is 2.80. The van der Waals surface area contributed by atoms with Crippen molar-refractivity contribution in [1.29, 1.82) is 5.41 Å². The molecular formula is C8H10Cl2N2S2. The Hall–Kier alpha value is -0.0300. The van der Waals surface area contributed by atoms with Gasteiger partial charge in [-0.1, -0.05) is 34.5 Å². The molecule has 0 fully saturated rings. The van der Waals surface area contributed by atoms with E-state index in [0.717, 1.165) is 16.3 Å². The van der Waals surface area contributed by atoms with Crippen LogP contribution in [-0.4, -0.2) is 5.17 Å². The summed E-state index contributed by atoms with van der Waals surface area (Å²) in [6.45, 7) is 0. The summed E-state index contributed by atoms with van der Waals surface area (Å²) in [6.07, 6.45) is 0. The second kappa shape index (κ2) is 7.29. The summed E-state index contributed by atoms with van der Waals surface area (Å²) in [6, 6.07) is 7.67. The fourth-order valence-electron chi connectivity index (χ4n) is 0.788. The molecule has 6 heteroatoms. The lowest BCUT2D eigenvalue weighted by molar-refractivity contribution is 1.43. The Morgan fingerprint density at radius 2 is 2.21 bits per heavy atom. The SMILES string of the molecule is Cl.N=C(N)SSCc1cccc(Cl)c1. The van der Waals surface area contributed by atoms with Crippen molar-refractivity contribution in [3.8, 4) is 0 Å². The molecule has 2 nitrogen and oxygen atoms in total. The molecule has 0 aromatic heterocycles. The zero-order chi connectivity index (χ0) is 9.68. The number of halogens is 2. The third-order valence-corrected chi connectivity index (χ3v) is 3.49. The highest BCUT2D eigenvalue weighted by Gasteiger charge is 1.96. The summed E-state index contributed by atoms with van der Waals surface area (Å²) in [4.78, 5) is 0. The quantitative estimate of drug-likeness (QED) is 0.501. The Morgan fingerprint density at radius 1 is 1.50 bits per heavy atom. The van der Waals surface area contributed by atoms with Gasteiger partial charge >= 0.3 is 0 Å². The number of rotatable bonds is 3. The van der Waals surface area contributed by atoms with Crippen molar-refractivity contribution in [3.05, 3.63) is 34.9 Å². The molecule has 0 saturated heterocycles. The monoisotopic (exact) mass is 268 g/mol. The van der Waals surface area contributed by atoms with Gasteiger partial charge in [-0.2, -0.15) is 0 Å². The maximum atomic E-state index is 7.00. The van der Waals surface area contributed by atoms with E-state index < -0.39 is 0 Å². The fraction of sp³-hybridized carbons (Fsp3) is 0.125. The van der Waals surface area contributed by atoms with Crippen molar-refractivity contribution in [2.75, 3.05) is 0 Å². The molecule has 0 spiro atoms. The van der Waals surface area contributed by atoms with Crippen molar-refractivity contribution < 1.29 is 0 Å². The van der Waals surface area contributed by atoms with Crippen LogP contribution in [0.2, 0.25) is 5.02 Å². The maximum Gasteiger partial charge on any atom is 0.161 e. The van der Waals surface area contributed by atoms with Gasteiger partial charge in [0, 0.05) is 10.8 Å². The number of hydrogen-bond donors (Lipinski definition) is 2. The van der Waals surface area contributed by atoms with Gasteiger partial charge in [-0.3, -0.25) is 5.41 Å². The van der Waals surface area contributed by atoms with Crippen LogP contribution in [0.5, 0.6) is 0 Å². The lowest BCUT2D eigenvalue weighted by Crippen LogP contribution is -2.00. The zero-order valence-corrected chi connectivity index (χ0v) is 10.4. The number of benzene rings is 1. The highest BCUT2D eigenvalue weighted by Crippen LogP contribution is 2.26. The van der Waals surface area contributed by atoms with Crippen molar-refractivity contribution in [1.82, 2.24) is 0 Å². The highest BCUT2D eigenvalue weighted by atomic mass is 35.5. The van der Waals surface area contributed by atoms with Gasteiger partial charge < -0.3 is 5.73 Å². The lowest BCUT2D eigenvalue weighted by atomic mass is 10.2. The molecule has 0 aliphatic rings. The van der Waals surface area contributed by atoms with Gasteiger partial charge in [-0.25, -0.2) is 0 Å². The molecule has 0 bridgehead atoms. The Balaban J connectivity index is 0.00000169. The van der Waals surface area contributed by atoms with Crippen LogP contribution in [0.15, 0.2) is 24.3 Å². The van der Waals surface area contributed by atoms with E-state index in [4.69, 9.17) is 22.7 Å². The third-order valence-electron chi connectivity index (χ3n) is 1.26. The first-order valence-electron chi connectivity index (χ1n) is 3.56. The maximum absolute atomic E-state index is 7.00. The predicted octanol–water partition coefficient (Wildman–Crippen LogP) is 3.54. The first-order valence-corrected chi connectivity index (χ1v) is 6.26. The second-order valence-electron chi connectivity index (χ2n) is 2.34. The number of amidine groups is 1. The van der Waals surface area contributed by atoms with Crippen molar-refractivity contribution in [2.45, 2.75) is 5.75 Å². The fourth-order valence-corrected chi connectivity index (χ4v) is 2.47. The van der Waals surface area contributed by atoms with Gasteiger partial charge in [0.25, 0.3) is 0 Å². The number of nitrogens with one attached hydrogen (secondary N) is 1. The molecule has 0 unspecified atom stereocenters. The van der Waals surface area contributed by atoms with Crippen LogP contribution in [-0.2, 0) is 5.75 Å². The van der Waals surface area contributed by atoms with Gasteiger partial charge in [0.05, 0.1) is 0 Å². The number of hydrogen-bond acceptors (Lipinski definition) is 3. The first-order chi connectivity index (χ1) is 6.18. The molecule has 1 aromatic carbocycles. The van der Waals surface area contributed by atoms with Crippen molar-refractivity contribution >= 4 is 50.8 Å². The summed E-state index contributed by atoms with van der Waals surface area (Å²) in [5.41, 5.74) is 6.33. The van der Waals surface area contributed by atoms with Crippen LogP contribution >= 0.6 is 45.6 Å². The topological polar surface area (TPSA) is 49.9 Å². The van der Waals surface area contributed by atoms with E-state index in [1.807, 2.05) is 24.3 Å². The van der Waals surface area contributed by atoms with Gasteiger partial charge in [0.2, 0.25) is 0 Å². The second-order valence-corrected chi connectivity index (χ2v) is 5.11. The molecule has 0 aliphatic carbocycles. The Morgan fingerprint density at radius 3 is 2.79 bits per heavy atom.